The van der Waals surface area contributed by atoms with Crippen molar-refractivity contribution in [1.29, 1.82) is 0 Å². The standard InChI is InChI=1S/C34H41N3O9/c1-3-5-6-7-8-9-10-26(32(42)43)35-28(39)13-14-29(40)46-34(4-2)24-17-27-30-21(15-20-16-22(38)11-12-25(20)36-30)18-37(27)31(41)23(24)19-45-33(34)44/h11-12,15-16,26-27,38H,3-10,13-14,17-19H2,1-2H3,(H,35,39)(H,42,43)/t26?,27?,34-/m0/s1. The first-order chi connectivity index (χ1) is 22.1. The third-order valence-corrected chi connectivity index (χ3v) is 9.21. The lowest BCUT2D eigenvalue weighted by Crippen LogP contribution is -2.54. The summed E-state index contributed by atoms with van der Waals surface area (Å²) >= 11 is 0. The van der Waals surface area contributed by atoms with Crippen LogP contribution in [0.5, 0.6) is 5.75 Å². The minimum absolute atomic E-state index is 0.0131. The number of carbonyl (C=O) groups excluding carboxylic acids is 4. The van der Waals surface area contributed by atoms with Crippen molar-refractivity contribution in [3.63, 3.8) is 0 Å². The van der Waals surface area contributed by atoms with Crippen molar-refractivity contribution >= 4 is 40.6 Å². The smallest absolute Gasteiger partial charge is 0.355 e. The zero-order valence-electron chi connectivity index (χ0n) is 26.3. The molecule has 1 aromatic carbocycles. The van der Waals surface area contributed by atoms with E-state index in [9.17, 15) is 34.2 Å². The summed E-state index contributed by atoms with van der Waals surface area (Å²) in [4.78, 5) is 70.9. The number of unbranched alkanes of at least 4 members (excludes halogenated alkanes) is 5. The highest BCUT2D eigenvalue weighted by molar-refractivity contribution is 6.01. The number of phenolic OH excluding ortho intramolecular Hbond substituents is 1. The lowest BCUT2D eigenvalue weighted by Gasteiger charge is -2.42. The van der Waals surface area contributed by atoms with Crippen LogP contribution in [0.15, 0.2) is 35.4 Å². The molecule has 2 unspecified atom stereocenters. The van der Waals surface area contributed by atoms with Gasteiger partial charge in [0, 0.05) is 18.4 Å². The number of aromatic nitrogens is 1. The molecule has 12 heteroatoms. The van der Waals surface area contributed by atoms with Gasteiger partial charge in [-0.2, -0.15) is 0 Å². The highest BCUT2D eigenvalue weighted by Crippen LogP contribution is 2.48. The predicted octanol–water partition coefficient (Wildman–Crippen LogP) is 4.37. The molecule has 2 aromatic rings. The number of hydrogen-bond acceptors (Lipinski definition) is 9. The number of carbonyl (C=O) groups is 5. The van der Waals surface area contributed by atoms with Gasteiger partial charge in [0.25, 0.3) is 5.91 Å². The van der Waals surface area contributed by atoms with E-state index in [1.54, 1.807) is 24.0 Å². The molecule has 3 atom stereocenters. The van der Waals surface area contributed by atoms with E-state index >= 15 is 0 Å². The Bertz CT molecular complexity index is 1580. The molecule has 0 saturated heterocycles. The first-order valence-electron chi connectivity index (χ1n) is 16.1. The molecular weight excluding hydrogens is 594 g/mol. The number of rotatable bonds is 14. The van der Waals surface area contributed by atoms with Crippen molar-refractivity contribution in [2.24, 2.45) is 0 Å². The molecular formula is C34H41N3O9. The fourth-order valence-electron chi connectivity index (χ4n) is 6.70. The maximum Gasteiger partial charge on any atom is 0.355 e. The highest BCUT2D eigenvalue weighted by Gasteiger charge is 2.55. The summed E-state index contributed by atoms with van der Waals surface area (Å²) in [5.41, 5.74) is 0.953. The minimum atomic E-state index is -1.84. The molecule has 3 aliphatic rings. The van der Waals surface area contributed by atoms with Gasteiger partial charge < -0.3 is 29.9 Å². The molecule has 0 fully saturated rings. The van der Waals surface area contributed by atoms with Crippen LogP contribution in [0.25, 0.3) is 10.9 Å². The summed E-state index contributed by atoms with van der Waals surface area (Å²) < 4.78 is 11.2. The van der Waals surface area contributed by atoms with Crippen LogP contribution in [-0.4, -0.2) is 68.1 Å². The number of hydrogen-bond donors (Lipinski definition) is 3. The van der Waals surface area contributed by atoms with Crippen molar-refractivity contribution in [3.8, 4) is 5.75 Å². The van der Waals surface area contributed by atoms with Crippen molar-refractivity contribution < 1.29 is 43.7 Å². The van der Waals surface area contributed by atoms with Crippen molar-refractivity contribution in [2.45, 2.75) is 109 Å². The van der Waals surface area contributed by atoms with E-state index in [1.807, 2.05) is 6.07 Å². The predicted molar refractivity (Wildman–Crippen MR) is 165 cm³/mol. The maximum atomic E-state index is 13.7. The Balaban J connectivity index is 1.26. The molecule has 5 rings (SSSR count). The third kappa shape index (κ3) is 6.56. The molecule has 0 spiro atoms. The number of aromatic hydroxyl groups is 1. The summed E-state index contributed by atoms with van der Waals surface area (Å²) in [6, 6.07) is 5.20. The first kappa shape index (κ1) is 32.9. The minimum Gasteiger partial charge on any atom is -0.508 e. The van der Waals surface area contributed by atoms with Gasteiger partial charge in [0.1, 0.15) is 18.4 Å². The Kier molecular flexibility index (Phi) is 9.93. The second-order valence-corrected chi connectivity index (χ2v) is 12.3. The van der Waals surface area contributed by atoms with E-state index in [1.165, 1.54) is 6.07 Å². The molecule has 4 heterocycles. The van der Waals surface area contributed by atoms with Crippen molar-refractivity contribution in [2.75, 3.05) is 6.61 Å². The average molecular weight is 636 g/mol. The Morgan fingerprint density at radius 2 is 1.87 bits per heavy atom. The van der Waals surface area contributed by atoms with Crippen LogP contribution in [0.2, 0.25) is 0 Å². The normalized spacial score (nSPS) is 20.9. The van der Waals surface area contributed by atoms with Crippen LogP contribution in [-0.2, 0) is 40.0 Å². The molecule has 0 aliphatic carbocycles. The lowest BCUT2D eigenvalue weighted by molar-refractivity contribution is -0.182. The number of cyclic esters (lactones) is 1. The molecule has 2 amide bonds. The monoisotopic (exact) mass is 635 g/mol. The second-order valence-electron chi connectivity index (χ2n) is 12.3. The Hall–Kier alpha value is -4.48. The number of phenols is 1. The van der Waals surface area contributed by atoms with Crippen LogP contribution in [0.4, 0.5) is 0 Å². The van der Waals surface area contributed by atoms with Gasteiger partial charge in [-0.1, -0.05) is 52.4 Å². The zero-order valence-corrected chi connectivity index (χ0v) is 26.3. The number of nitrogens with one attached hydrogen (secondary N) is 1. The maximum absolute atomic E-state index is 13.7. The van der Waals surface area contributed by atoms with Gasteiger partial charge in [-0.25, -0.2) is 9.59 Å². The molecule has 0 bridgehead atoms. The van der Waals surface area contributed by atoms with Gasteiger partial charge in [0.05, 0.1) is 29.2 Å². The van der Waals surface area contributed by atoms with Crippen LogP contribution < -0.4 is 5.32 Å². The van der Waals surface area contributed by atoms with Crippen LogP contribution in [0, 0.1) is 0 Å². The molecule has 1 aromatic heterocycles. The third-order valence-electron chi connectivity index (χ3n) is 9.21. The van der Waals surface area contributed by atoms with Gasteiger partial charge >= 0.3 is 17.9 Å². The molecule has 0 radical (unpaired) electrons. The summed E-state index contributed by atoms with van der Waals surface area (Å²) in [6.45, 7) is 3.84. The number of esters is 2. The Morgan fingerprint density at radius 3 is 2.61 bits per heavy atom. The fraction of sp³-hybridized carbons (Fsp3) is 0.529. The zero-order chi connectivity index (χ0) is 33.0. The number of fused-ring (bicyclic) bond motifs is 4. The Morgan fingerprint density at radius 1 is 1.11 bits per heavy atom. The molecule has 246 valence electrons. The SMILES string of the molecule is CCCCCCCCC(NC(=O)CCC(=O)O[C@]1(CC)C(=O)OCC2=C1CC1c3nc4ccc(O)cc4cc3CN1C2=O)C(=O)O. The molecule has 0 saturated carbocycles. The highest BCUT2D eigenvalue weighted by atomic mass is 16.6. The van der Waals surface area contributed by atoms with Crippen LogP contribution >= 0.6 is 0 Å². The molecule has 3 N–H and O–H groups in total. The van der Waals surface area contributed by atoms with Crippen LogP contribution in [0.3, 0.4) is 0 Å². The number of ether oxygens (including phenoxy) is 2. The van der Waals surface area contributed by atoms with Gasteiger partial charge in [-0.05, 0) is 54.7 Å². The van der Waals surface area contributed by atoms with E-state index in [0.29, 0.717) is 36.2 Å². The number of amides is 2. The fourth-order valence-corrected chi connectivity index (χ4v) is 6.70. The second kappa shape index (κ2) is 13.9. The van der Waals surface area contributed by atoms with Crippen molar-refractivity contribution in [3.05, 3.63) is 46.7 Å². The molecule has 46 heavy (non-hydrogen) atoms. The number of nitrogens with zero attached hydrogens (tertiary/aromatic N) is 2. The summed E-state index contributed by atoms with van der Waals surface area (Å²) in [5, 5.41) is 22.7. The van der Waals surface area contributed by atoms with Gasteiger partial charge in [-0.15, -0.1) is 0 Å². The van der Waals surface area contributed by atoms with Gasteiger partial charge in [0.15, 0.2) is 0 Å². The van der Waals surface area contributed by atoms with E-state index in [4.69, 9.17) is 14.5 Å². The summed E-state index contributed by atoms with van der Waals surface area (Å²) in [5.74, 6) is -3.58. The number of carboxylic acids is 1. The lowest BCUT2D eigenvalue weighted by atomic mass is 9.78. The molecule has 12 nitrogen and oxygen atoms in total. The van der Waals surface area contributed by atoms with E-state index < -0.39 is 41.5 Å². The van der Waals surface area contributed by atoms with E-state index in [0.717, 1.165) is 43.1 Å². The van der Waals surface area contributed by atoms with Crippen molar-refractivity contribution in [1.82, 2.24) is 15.2 Å². The van der Waals surface area contributed by atoms with Crippen LogP contribution in [0.1, 0.15) is 102 Å². The average Bonchev–Trinajstić information content (AvgIpc) is 3.39. The van der Waals surface area contributed by atoms with Gasteiger partial charge in [-0.3, -0.25) is 19.4 Å². The Labute approximate surface area is 267 Å². The number of aliphatic carboxylic acids is 1. The summed E-state index contributed by atoms with van der Waals surface area (Å²) in [7, 11) is 0. The topological polar surface area (TPSA) is 172 Å². The van der Waals surface area contributed by atoms with Gasteiger partial charge in [0.2, 0.25) is 11.5 Å². The van der Waals surface area contributed by atoms with E-state index in [-0.39, 0.29) is 49.5 Å². The number of pyridine rings is 1. The first-order valence-corrected chi connectivity index (χ1v) is 16.1. The largest absolute Gasteiger partial charge is 0.508 e. The summed E-state index contributed by atoms with van der Waals surface area (Å²) in [6.07, 6.45) is 5.69. The number of carboxylic acid groups (broad SMARTS) is 1. The van der Waals surface area contributed by atoms with E-state index in [2.05, 4.69) is 12.2 Å². The number of benzene rings is 1. The molecule has 3 aliphatic heterocycles. The quantitative estimate of drug-likeness (QED) is 0.200.